The average molecular weight is 442 g/mol. The summed E-state index contributed by atoms with van der Waals surface area (Å²) in [5.41, 5.74) is 1.37. The van der Waals surface area contributed by atoms with E-state index in [1.807, 2.05) is 4.57 Å². The van der Waals surface area contributed by atoms with Gasteiger partial charge in [0, 0.05) is 16.7 Å². The third-order valence-electron chi connectivity index (χ3n) is 5.78. The number of thioether (sulfide) groups is 1. The van der Waals surface area contributed by atoms with E-state index < -0.39 is 10.0 Å². The zero-order chi connectivity index (χ0) is 19.7. The minimum atomic E-state index is -3.19. The molecule has 2 aromatic rings. The number of rotatable bonds is 7. The lowest BCUT2D eigenvalue weighted by Gasteiger charge is -2.18. The van der Waals surface area contributed by atoms with Gasteiger partial charge in [-0.3, -0.25) is 9.36 Å². The lowest BCUT2D eigenvalue weighted by molar-refractivity contribution is 0.457. The van der Waals surface area contributed by atoms with Gasteiger partial charge in [-0.1, -0.05) is 24.6 Å². The zero-order valence-electron chi connectivity index (χ0n) is 16.2. The summed E-state index contributed by atoms with van der Waals surface area (Å²) in [5.74, 6) is 0.733. The largest absolute Gasteiger partial charge is 0.284 e. The normalized spacial score (nSPS) is 18.0. The van der Waals surface area contributed by atoms with Gasteiger partial charge in [-0.25, -0.2) is 18.1 Å². The van der Waals surface area contributed by atoms with Crippen LogP contribution in [0.25, 0.3) is 10.2 Å². The highest BCUT2D eigenvalue weighted by atomic mass is 32.2. The molecule has 154 valence electrons. The minimum Gasteiger partial charge on any atom is -0.284 e. The molecule has 6 nitrogen and oxygen atoms in total. The average Bonchev–Trinajstić information content (AvgIpc) is 3.32. The Labute approximate surface area is 174 Å². The fourth-order valence-corrected chi connectivity index (χ4v) is 7.52. The van der Waals surface area contributed by atoms with E-state index in [1.54, 1.807) is 11.3 Å². The zero-order valence-corrected chi connectivity index (χ0v) is 18.6. The first kappa shape index (κ1) is 20.4. The number of fused-ring (bicyclic) bond motifs is 3. The number of aromatic nitrogens is 2. The lowest BCUT2D eigenvalue weighted by Crippen LogP contribution is -2.27. The topological polar surface area (TPSA) is 81.1 Å². The number of aryl methyl sites for hydroxylation is 2. The van der Waals surface area contributed by atoms with Gasteiger partial charge in [-0.05, 0) is 57.6 Å². The second-order valence-electron chi connectivity index (χ2n) is 7.62. The first-order valence-corrected chi connectivity index (χ1v) is 13.6. The molecule has 0 bridgehead atoms. The third-order valence-corrected chi connectivity index (χ3v) is 9.45. The van der Waals surface area contributed by atoms with Gasteiger partial charge in [0.05, 0.1) is 11.1 Å². The Morgan fingerprint density at radius 1 is 1.21 bits per heavy atom. The molecule has 28 heavy (non-hydrogen) atoms. The van der Waals surface area contributed by atoms with E-state index in [4.69, 9.17) is 4.98 Å². The van der Waals surface area contributed by atoms with Gasteiger partial charge >= 0.3 is 0 Å². The number of sulfonamides is 1. The van der Waals surface area contributed by atoms with Gasteiger partial charge in [0.2, 0.25) is 10.0 Å². The van der Waals surface area contributed by atoms with Crippen molar-refractivity contribution in [3.63, 3.8) is 0 Å². The Hall–Kier alpha value is -0.900. The summed E-state index contributed by atoms with van der Waals surface area (Å²) in [6, 6.07) is 0.229. The van der Waals surface area contributed by atoms with E-state index in [2.05, 4.69) is 4.72 Å². The maximum atomic E-state index is 13.5. The predicted octanol–water partition coefficient (Wildman–Crippen LogP) is 3.48. The molecule has 2 aliphatic rings. The summed E-state index contributed by atoms with van der Waals surface area (Å²) in [6.07, 6.45) is 9.30. The standard InChI is InChI=1S/C19H27N3O3S3/c1-20-28(24,25)12-6-11-26-19-21-17-16(14-9-4-5-10-15(14)27-17)18(23)22(19)13-7-2-3-8-13/h13,20H,2-12H2,1H3. The predicted molar refractivity (Wildman–Crippen MR) is 116 cm³/mol. The van der Waals surface area contributed by atoms with Gasteiger partial charge in [0.15, 0.2) is 5.16 Å². The van der Waals surface area contributed by atoms with Crippen molar-refractivity contribution in [2.24, 2.45) is 0 Å². The van der Waals surface area contributed by atoms with Crippen LogP contribution in [0.3, 0.4) is 0 Å². The van der Waals surface area contributed by atoms with Crippen molar-refractivity contribution in [1.82, 2.24) is 14.3 Å². The van der Waals surface area contributed by atoms with Crippen LogP contribution in [-0.4, -0.2) is 36.5 Å². The number of hydrogen-bond donors (Lipinski definition) is 1. The van der Waals surface area contributed by atoms with Gasteiger partial charge in [-0.2, -0.15) is 0 Å². The van der Waals surface area contributed by atoms with Crippen molar-refractivity contribution in [1.29, 1.82) is 0 Å². The van der Waals surface area contributed by atoms with Crippen LogP contribution in [0.15, 0.2) is 9.95 Å². The Kier molecular flexibility index (Phi) is 6.15. The van der Waals surface area contributed by atoms with Crippen LogP contribution in [0.2, 0.25) is 0 Å². The molecule has 2 heterocycles. The molecule has 2 aliphatic carbocycles. The molecule has 0 unspecified atom stereocenters. The molecule has 0 aliphatic heterocycles. The Bertz CT molecular complexity index is 1020. The molecular formula is C19H27N3O3S3. The van der Waals surface area contributed by atoms with Crippen LogP contribution in [0.5, 0.6) is 0 Å². The molecule has 1 N–H and O–H groups in total. The number of hydrogen-bond acceptors (Lipinski definition) is 6. The van der Waals surface area contributed by atoms with Crippen molar-refractivity contribution in [3.8, 4) is 0 Å². The van der Waals surface area contributed by atoms with Crippen LogP contribution in [0, 0.1) is 0 Å². The number of nitrogens with one attached hydrogen (secondary N) is 1. The summed E-state index contributed by atoms with van der Waals surface area (Å²) in [6.45, 7) is 0. The Morgan fingerprint density at radius 2 is 1.96 bits per heavy atom. The first-order valence-electron chi connectivity index (χ1n) is 10.1. The van der Waals surface area contributed by atoms with Crippen LogP contribution >= 0.6 is 23.1 Å². The molecule has 1 fully saturated rings. The van der Waals surface area contributed by atoms with Crippen LogP contribution in [0.4, 0.5) is 0 Å². The van der Waals surface area contributed by atoms with E-state index in [1.165, 1.54) is 35.7 Å². The SMILES string of the molecule is CNS(=O)(=O)CCCSc1nc2sc3c(c2c(=O)n1C1CCCC1)CCCC3. The molecule has 0 saturated heterocycles. The fraction of sp³-hybridized carbons (Fsp3) is 0.684. The van der Waals surface area contributed by atoms with Gasteiger partial charge < -0.3 is 0 Å². The second-order valence-corrected chi connectivity index (χ2v) is 11.8. The molecular weight excluding hydrogens is 414 g/mol. The maximum Gasteiger partial charge on any atom is 0.263 e. The Balaban J connectivity index is 1.68. The van der Waals surface area contributed by atoms with Crippen molar-refractivity contribution in [2.45, 2.75) is 69.0 Å². The lowest BCUT2D eigenvalue weighted by atomic mass is 9.97. The van der Waals surface area contributed by atoms with Crippen LogP contribution in [-0.2, 0) is 22.9 Å². The smallest absolute Gasteiger partial charge is 0.263 e. The summed E-state index contributed by atoms with van der Waals surface area (Å²) < 4.78 is 27.6. The molecule has 0 spiro atoms. The summed E-state index contributed by atoms with van der Waals surface area (Å²) in [4.78, 5) is 20.6. The molecule has 9 heteroatoms. The van der Waals surface area contributed by atoms with E-state index in [-0.39, 0.29) is 17.4 Å². The highest BCUT2D eigenvalue weighted by molar-refractivity contribution is 7.99. The molecule has 0 radical (unpaired) electrons. The summed E-state index contributed by atoms with van der Waals surface area (Å²) in [5, 5.41) is 1.62. The van der Waals surface area contributed by atoms with Crippen LogP contribution in [0.1, 0.15) is 61.4 Å². The summed E-state index contributed by atoms with van der Waals surface area (Å²) in [7, 11) is -1.76. The molecule has 1 saturated carbocycles. The molecule has 2 aromatic heterocycles. The van der Waals surface area contributed by atoms with E-state index in [0.29, 0.717) is 12.2 Å². The quantitative estimate of drug-likeness (QED) is 0.404. The molecule has 4 rings (SSSR count). The fourth-order valence-electron chi connectivity index (χ4n) is 4.30. The van der Waals surface area contributed by atoms with E-state index >= 15 is 0 Å². The van der Waals surface area contributed by atoms with Gasteiger partial charge in [0.1, 0.15) is 4.83 Å². The van der Waals surface area contributed by atoms with E-state index in [0.717, 1.165) is 60.3 Å². The maximum absolute atomic E-state index is 13.5. The van der Waals surface area contributed by atoms with Crippen LogP contribution < -0.4 is 10.3 Å². The Morgan fingerprint density at radius 3 is 2.71 bits per heavy atom. The number of nitrogens with zero attached hydrogens (tertiary/aromatic N) is 2. The van der Waals surface area contributed by atoms with Crippen molar-refractivity contribution in [2.75, 3.05) is 18.6 Å². The molecule has 0 atom stereocenters. The van der Waals surface area contributed by atoms with Gasteiger partial charge in [-0.15, -0.1) is 11.3 Å². The summed E-state index contributed by atoms with van der Waals surface area (Å²) >= 11 is 3.21. The van der Waals surface area contributed by atoms with Crippen molar-refractivity contribution < 1.29 is 8.42 Å². The van der Waals surface area contributed by atoms with Gasteiger partial charge in [0.25, 0.3) is 5.56 Å². The second kappa shape index (κ2) is 8.45. The number of thiophene rings is 1. The monoisotopic (exact) mass is 441 g/mol. The van der Waals surface area contributed by atoms with Crippen molar-refractivity contribution >= 4 is 43.3 Å². The van der Waals surface area contributed by atoms with Crippen molar-refractivity contribution in [3.05, 3.63) is 20.8 Å². The highest BCUT2D eigenvalue weighted by Crippen LogP contribution is 2.37. The molecule has 0 amide bonds. The van der Waals surface area contributed by atoms with E-state index in [9.17, 15) is 13.2 Å². The third kappa shape index (κ3) is 4.04. The minimum absolute atomic E-state index is 0.0969. The highest BCUT2D eigenvalue weighted by Gasteiger charge is 2.27. The first-order chi connectivity index (χ1) is 13.5. The molecule has 0 aromatic carbocycles.